The summed E-state index contributed by atoms with van der Waals surface area (Å²) in [6.45, 7) is 4.59. The number of rotatable bonds is 4. The van der Waals surface area contributed by atoms with Crippen molar-refractivity contribution in [3.63, 3.8) is 0 Å². The normalized spacial score (nSPS) is 22.9. The third-order valence-corrected chi connectivity index (χ3v) is 4.39. The van der Waals surface area contributed by atoms with Crippen LogP contribution in [0.3, 0.4) is 0 Å². The van der Waals surface area contributed by atoms with Gasteiger partial charge < -0.3 is 5.32 Å². The number of likely N-dealkylation sites (tertiary alicyclic amines) is 1. The number of piperidine rings is 1. The van der Waals surface area contributed by atoms with E-state index in [0.29, 0.717) is 12.1 Å². The highest BCUT2D eigenvalue weighted by atomic mass is 15.2. The minimum atomic E-state index is 0.592. The van der Waals surface area contributed by atoms with Crippen molar-refractivity contribution in [2.24, 2.45) is 0 Å². The first-order valence-corrected chi connectivity index (χ1v) is 7.91. The Morgan fingerprint density at radius 1 is 1.00 bits per heavy atom. The number of benzene rings is 2. The molecule has 0 radical (unpaired) electrons. The molecule has 1 aliphatic heterocycles. The Balaban J connectivity index is 1.54. The predicted octanol–water partition coefficient (Wildman–Crippen LogP) is 4.15. The highest BCUT2D eigenvalue weighted by Gasteiger charge is 2.25. The lowest BCUT2D eigenvalue weighted by Gasteiger charge is -2.38. The van der Waals surface area contributed by atoms with Crippen molar-refractivity contribution in [2.75, 3.05) is 11.9 Å². The summed E-state index contributed by atoms with van der Waals surface area (Å²) in [5.74, 6) is 0. The maximum atomic E-state index is 3.67. The van der Waals surface area contributed by atoms with Gasteiger partial charge in [0, 0.05) is 30.9 Å². The van der Waals surface area contributed by atoms with E-state index in [1.54, 1.807) is 0 Å². The number of nitrogens with one attached hydrogen (secondary N) is 1. The van der Waals surface area contributed by atoms with E-state index in [4.69, 9.17) is 0 Å². The summed E-state index contributed by atoms with van der Waals surface area (Å²) in [6.07, 6.45) is 2.42. The Bertz CT molecular complexity index is 538. The van der Waals surface area contributed by atoms with Crippen LogP contribution in [0.1, 0.15) is 25.3 Å². The van der Waals surface area contributed by atoms with Crippen LogP contribution in [0, 0.1) is 0 Å². The minimum Gasteiger partial charge on any atom is -0.382 e. The maximum absolute atomic E-state index is 3.67. The molecule has 110 valence electrons. The van der Waals surface area contributed by atoms with Crippen molar-refractivity contribution in [1.82, 2.24) is 4.90 Å². The molecule has 1 aliphatic rings. The molecule has 21 heavy (non-hydrogen) atoms. The van der Waals surface area contributed by atoms with Crippen LogP contribution in [0.5, 0.6) is 0 Å². The van der Waals surface area contributed by atoms with Gasteiger partial charge >= 0.3 is 0 Å². The molecule has 0 aliphatic carbocycles. The number of para-hydroxylation sites is 1. The van der Waals surface area contributed by atoms with Crippen LogP contribution in [0.4, 0.5) is 5.69 Å². The monoisotopic (exact) mass is 280 g/mol. The summed E-state index contributed by atoms with van der Waals surface area (Å²) in [5.41, 5.74) is 2.66. The first-order valence-electron chi connectivity index (χ1n) is 7.91. The summed E-state index contributed by atoms with van der Waals surface area (Å²) >= 11 is 0. The average Bonchev–Trinajstić information content (AvgIpc) is 2.52. The fraction of sp³-hybridized carbons (Fsp3) is 0.368. The van der Waals surface area contributed by atoms with Gasteiger partial charge in [0.2, 0.25) is 0 Å². The third kappa shape index (κ3) is 3.85. The van der Waals surface area contributed by atoms with Gasteiger partial charge in [-0.15, -0.1) is 0 Å². The SMILES string of the molecule is CC1CC(Nc2ccccc2)CCN1Cc1ccccc1. The zero-order chi connectivity index (χ0) is 14.5. The van der Waals surface area contributed by atoms with Crippen LogP contribution in [0.2, 0.25) is 0 Å². The number of anilines is 1. The zero-order valence-electron chi connectivity index (χ0n) is 12.7. The van der Waals surface area contributed by atoms with E-state index < -0.39 is 0 Å². The number of hydrogen-bond acceptors (Lipinski definition) is 2. The first-order chi connectivity index (χ1) is 10.3. The molecule has 2 atom stereocenters. The van der Waals surface area contributed by atoms with Crippen LogP contribution in [0.25, 0.3) is 0 Å². The fourth-order valence-corrected chi connectivity index (χ4v) is 3.17. The van der Waals surface area contributed by atoms with Gasteiger partial charge in [0.25, 0.3) is 0 Å². The van der Waals surface area contributed by atoms with E-state index in [-0.39, 0.29) is 0 Å². The summed E-state index contributed by atoms with van der Waals surface area (Å²) in [5, 5.41) is 3.67. The highest BCUT2D eigenvalue weighted by molar-refractivity contribution is 5.43. The molecule has 1 N–H and O–H groups in total. The standard InChI is InChI=1S/C19H24N2/c1-16-14-19(20-18-10-6-3-7-11-18)12-13-21(16)15-17-8-4-2-5-9-17/h2-11,16,19-20H,12-15H2,1H3. The molecular formula is C19H24N2. The largest absolute Gasteiger partial charge is 0.382 e. The van der Waals surface area contributed by atoms with Gasteiger partial charge in [-0.2, -0.15) is 0 Å². The fourth-order valence-electron chi connectivity index (χ4n) is 3.17. The van der Waals surface area contributed by atoms with Crippen molar-refractivity contribution < 1.29 is 0 Å². The molecule has 2 aromatic rings. The smallest absolute Gasteiger partial charge is 0.0342 e. The molecule has 0 bridgehead atoms. The van der Waals surface area contributed by atoms with E-state index in [0.717, 1.165) is 6.54 Å². The van der Waals surface area contributed by atoms with E-state index in [1.807, 2.05) is 0 Å². The third-order valence-electron chi connectivity index (χ3n) is 4.39. The first kappa shape index (κ1) is 14.2. The Morgan fingerprint density at radius 2 is 1.67 bits per heavy atom. The molecule has 3 rings (SSSR count). The van der Waals surface area contributed by atoms with E-state index in [1.165, 1.54) is 30.6 Å². The predicted molar refractivity (Wildman–Crippen MR) is 89.4 cm³/mol. The highest BCUT2D eigenvalue weighted by Crippen LogP contribution is 2.22. The van der Waals surface area contributed by atoms with Crippen LogP contribution in [-0.4, -0.2) is 23.5 Å². The van der Waals surface area contributed by atoms with Crippen molar-refractivity contribution >= 4 is 5.69 Å². The Hall–Kier alpha value is -1.80. The molecule has 2 nitrogen and oxygen atoms in total. The van der Waals surface area contributed by atoms with Crippen LogP contribution >= 0.6 is 0 Å². The topological polar surface area (TPSA) is 15.3 Å². The summed E-state index contributed by atoms with van der Waals surface area (Å²) < 4.78 is 0. The Labute approximate surface area is 127 Å². The molecule has 0 aromatic heterocycles. The van der Waals surface area contributed by atoms with E-state index >= 15 is 0 Å². The molecule has 2 heteroatoms. The van der Waals surface area contributed by atoms with Gasteiger partial charge in [-0.25, -0.2) is 0 Å². The summed E-state index contributed by atoms with van der Waals surface area (Å²) in [6, 6.07) is 22.6. The summed E-state index contributed by atoms with van der Waals surface area (Å²) in [4.78, 5) is 2.60. The molecule has 1 saturated heterocycles. The number of nitrogens with zero attached hydrogens (tertiary/aromatic N) is 1. The Morgan fingerprint density at radius 3 is 2.33 bits per heavy atom. The second-order valence-electron chi connectivity index (χ2n) is 6.04. The minimum absolute atomic E-state index is 0.592. The lowest BCUT2D eigenvalue weighted by atomic mass is 9.97. The molecule has 0 amide bonds. The van der Waals surface area contributed by atoms with Crippen LogP contribution < -0.4 is 5.32 Å². The van der Waals surface area contributed by atoms with E-state index in [2.05, 4.69) is 77.8 Å². The molecule has 1 fully saturated rings. The Kier molecular flexibility index (Phi) is 4.56. The second-order valence-corrected chi connectivity index (χ2v) is 6.04. The molecular weight excluding hydrogens is 256 g/mol. The van der Waals surface area contributed by atoms with E-state index in [9.17, 15) is 0 Å². The molecule has 0 saturated carbocycles. The lowest BCUT2D eigenvalue weighted by molar-refractivity contribution is 0.144. The molecule has 2 unspecified atom stereocenters. The number of hydrogen-bond donors (Lipinski definition) is 1. The summed E-state index contributed by atoms with van der Waals surface area (Å²) in [7, 11) is 0. The van der Waals surface area contributed by atoms with Gasteiger partial charge in [-0.1, -0.05) is 48.5 Å². The van der Waals surface area contributed by atoms with Crippen LogP contribution in [-0.2, 0) is 6.54 Å². The van der Waals surface area contributed by atoms with Gasteiger partial charge in [0.05, 0.1) is 0 Å². The molecule has 2 aromatic carbocycles. The van der Waals surface area contributed by atoms with Crippen molar-refractivity contribution in [3.8, 4) is 0 Å². The van der Waals surface area contributed by atoms with Gasteiger partial charge in [0.15, 0.2) is 0 Å². The second kappa shape index (κ2) is 6.77. The maximum Gasteiger partial charge on any atom is 0.0342 e. The van der Waals surface area contributed by atoms with Crippen molar-refractivity contribution in [3.05, 3.63) is 66.2 Å². The van der Waals surface area contributed by atoms with Gasteiger partial charge in [-0.3, -0.25) is 4.90 Å². The molecule has 1 heterocycles. The quantitative estimate of drug-likeness (QED) is 0.905. The zero-order valence-corrected chi connectivity index (χ0v) is 12.7. The van der Waals surface area contributed by atoms with Gasteiger partial charge in [-0.05, 0) is 37.5 Å². The van der Waals surface area contributed by atoms with Crippen molar-refractivity contribution in [2.45, 2.75) is 38.4 Å². The van der Waals surface area contributed by atoms with Crippen LogP contribution in [0.15, 0.2) is 60.7 Å². The molecule has 0 spiro atoms. The lowest BCUT2D eigenvalue weighted by Crippen LogP contribution is -2.44. The van der Waals surface area contributed by atoms with Gasteiger partial charge in [0.1, 0.15) is 0 Å². The van der Waals surface area contributed by atoms with Crippen molar-refractivity contribution in [1.29, 1.82) is 0 Å². The average molecular weight is 280 g/mol.